The van der Waals surface area contributed by atoms with Gasteiger partial charge in [-0.25, -0.2) is 0 Å². The lowest BCUT2D eigenvalue weighted by atomic mass is 10.0. The van der Waals surface area contributed by atoms with Crippen molar-refractivity contribution in [2.24, 2.45) is 0 Å². The zero-order chi connectivity index (χ0) is 10.8. The molecule has 0 saturated carbocycles. The third-order valence-corrected chi connectivity index (χ3v) is 3.97. The molecule has 0 radical (unpaired) electrons. The van der Waals surface area contributed by atoms with Crippen LogP contribution in [-0.2, 0) is 11.2 Å². The summed E-state index contributed by atoms with van der Waals surface area (Å²) in [7, 11) is 1.71. The van der Waals surface area contributed by atoms with Crippen molar-refractivity contribution in [3.63, 3.8) is 0 Å². The summed E-state index contributed by atoms with van der Waals surface area (Å²) in [6.07, 6.45) is 0.903. The Hall–Kier alpha value is -0.0600. The minimum absolute atomic E-state index is 0.236. The van der Waals surface area contributed by atoms with E-state index in [2.05, 4.69) is 31.9 Å². The van der Waals surface area contributed by atoms with Gasteiger partial charge >= 0.3 is 0 Å². The highest BCUT2D eigenvalue weighted by molar-refractivity contribution is 9.11. The highest BCUT2D eigenvalue weighted by atomic mass is 79.9. The Balaban J connectivity index is 2.55. The van der Waals surface area contributed by atoms with Crippen molar-refractivity contribution in [1.82, 2.24) is 0 Å². The first-order valence-corrected chi connectivity index (χ1v) is 6.52. The van der Waals surface area contributed by atoms with Gasteiger partial charge in [0.1, 0.15) is 5.75 Å². The maximum atomic E-state index is 5.52. The summed E-state index contributed by atoms with van der Waals surface area (Å²) in [5.74, 6) is 0.947. The van der Waals surface area contributed by atoms with E-state index in [1.165, 1.54) is 11.1 Å². The second-order valence-corrected chi connectivity index (χ2v) is 5.39. The molecule has 0 aromatic heterocycles. The Morgan fingerprint density at radius 3 is 3.00 bits per heavy atom. The average Bonchev–Trinajstić information content (AvgIpc) is 2.42. The lowest BCUT2D eigenvalue weighted by Gasteiger charge is -2.15. The summed E-state index contributed by atoms with van der Waals surface area (Å²) < 4.78 is 12.0. The number of hydrogen-bond acceptors (Lipinski definition) is 2. The van der Waals surface area contributed by atoms with E-state index < -0.39 is 0 Å². The summed E-state index contributed by atoms with van der Waals surface area (Å²) in [6.45, 7) is 1.46. The molecule has 0 N–H and O–H groups in total. The SMILES string of the molecule is COc1ccc(Br)c2c1CCOCC2Br. The van der Waals surface area contributed by atoms with E-state index in [1.807, 2.05) is 12.1 Å². The Labute approximate surface area is 106 Å². The van der Waals surface area contributed by atoms with E-state index >= 15 is 0 Å². The first kappa shape index (κ1) is 11.4. The van der Waals surface area contributed by atoms with Gasteiger partial charge in [0.15, 0.2) is 0 Å². The van der Waals surface area contributed by atoms with Crippen LogP contribution in [0.15, 0.2) is 16.6 Å². The van der Waals surface area contributed by atoms with Gasteiger partial charge in [-0.3, -0.25) is 0 Å². The fraction of sp³-hybridized carbons (Fsp3) is 0.455. The molecule has 0 bridgehead atoms. The molecule has 0 aliphatic carbocycles. The van der Waals surface area contributed by atoms with Gasteiger partial charge in [-0.2, -0.15) is 0 Å². The second-order valence-electron chi connectivity index (χ2n) is 3.43. The fourth-order valence-electron chi connectivity index (χ4n) is 1.85. The molecule has 1 heterocycles. The summed E-state index contributed by atoms with van der Waals surface area (Å²) in [6, 6.07) is 4.02. The van der Waals surface area contributed by atoms with E-state index in [4.69, 9.17) is 9.47 Å². The number of methoxy groups -OCH3 is 1. The number of hydrogen-bond donors (Lipinski definition) is 0. The molecular formula is C11H12Br2O2. The molecule has 1 aromatic rings. The van der Waals surface area contributed by atoms with E-state index in [0.29, 0.717) is 6.61 Å². The lowest BCUT2D eigenvalue weighted by molar-refractivity contribution is 0.145. The molecule has 15 heavy (non-hydrogen) atoms. The molecule has 1 atom stereocenters. The molecule has 0 fully saturated rings. The van der Waals surface area contributed by atoms with Gasteiger partial charge in [-0.1, -0.05) is 31.9 Å². The summed E-state index contributed by atoms with van der Waals surface area (Å²) in [5.41, 5.74) is 2.50. The molecule has 1 aliphatic heterocycles. The molecule has 1 aromatic carbocycles. The minimum Gasteiger partial charge on any atom is -0.496 e. The highest BCUT2D eigenvalue weighted by Crippen LogP contribution is 2.39. The monoisotopic (exact) mass is 334 g/mol. The van der Waals surface area contributed by atoms with Crippen molar-refractivity contribution >= 4 is 31.9 Å². The second kappa shape index (κ2) is 4.85. The Kier molecular flexibility index (Phi) is 3.69. The van der Waals surface area contributed by atoms with Crippen molar-refractivity contribution in [3.8, 4) is 5.75 Å². The van der Waals surface area contributed by atoms with Crippen molar-refractivity contribution in [3.05, 3.63) is 27.7 Å². The molecule has 1 unspecified atom stereocenters. The summed E-state index contributed by atoms with van der Waals surface area (Å²) >= 11 is 7.22. The van der Waals surface area contributed by atoms with Crippen LogP contribution in [0.5, 0.6) is 5.75 Å². The van der Waals surface area contributed by atoms with Crippen molar-refractivity contribution in [1.29, 1.82) is 0 Å². The van der Waals surface area contributed by atoms with Crippen LogP contribution in [0.4, 0.5) is 0 Å². The number of rotatable bonds is 1. The molecule has 4 heteroatoms. The first-order chi connectivity index (χ1) is 7.24. The van der Waals surface area contributed by atoms with Gasteiger partial charge in [0.2, 0.25) is 0 Å². The quantitative estimate of drug-likeness (QED) is 0.732. The fourth-order valence-corrected chi connectivity index (χ4v) is 3.51. The standard InChI is InChI=1S/C11H12Br2O2/c1-14-10-3-2-8(12)11-7(10)4-5-15-6-9(11)13/h2-3,9H,4-6H2,1H3. The normalized spacial score (nSPS) is 20.6. The van der Waals surface area contributed by atoms with Crippen molar-refractivity contribution < 1.29 is 9.47 Å². The van der Waals surface area contributed by atoms with E-state index in [-0.39, 0.29) is 4.83 Å². The molecule has 2 nitrogen and oxygen atoms in total. The first-order valence-electron chi connectivity index (χ1n) is 4.81. The van der Waals surface area contributed by atoms with Gasteiger partial charge in [-0.05, 0) is 24.1 Å². The topological polar surface area (TPSA) is 18.5 Å². The maximum absolute atomic E-state index is 5.52. The largest absolute Gasteiger partial charge is 0.496 e. The van der Waals surface area contributed by atoms with Crippen LogP contribution in [0.25, 0.3) is 0 Å². The predicted octanol–water partition coefficient (Wildman–Crippen LogP) is 3.47. The smallest absolute Gasteiger partial charge is 0.122 e. The third kappa shape index (κ3) is 2.22. The van der Waals surface area contributed by atoms with Gasteiger partial charge in [-0.15, -0.1) is 0 Å². The van der Waals surface area contributed by atoms with E-state index in [1.54, 1.807) is 7.11 Å². The number of benzene rings is 1. The van der Waals surface area contributed by atoms with Crippen LogP contribution in [-0.4, -0.2) is 20.3 Å². The van der Waals surface area contributed by atoms with Gasteiger partial charge in [0.05, 0.1) is 25.2 Å². The van der Waals surface area contributed by atoms with Gasteiger partial charge in [0.25, 0.3) is 0 Å². The zero-order valence-corrected chi connectivity index (χ0v) is 11.6. The number of ether oxygens (including phenoxy) is 2. The minimum atomic E-state index is 0.236. The number of halogens is 2. The molecule has 1 aliphatic rings. The third-order valence-electron chi connectivity index (χ3n) is 2.55. The van der Waals surface area contributed by atoms with E-state index in [9.17, 15) is 0 Å². The highest BCUT2D eigenvalue weighted by Gasteiger charge is 2.22. The van der Waals surface area contributed by atoms with Crippen LogP contribution < -0.4 is 4.74 Å². The summed E-state index contributed by atoms with van der Waals surface area (Å²) in [5, 5.41) is 0. The molecule has 0 spiro atoms. The van der Waals surface area contributed by atoms with Gasteiger partial charge < -0.3 is 9.47 Å². The molecule has 2 rings (SSSR count). The lowest BCUT2D eigenvalue weighted by Crippen LogP contribution is -2.01. The van der Waals surface area contributed by atoms with Crippen LogP contribution in [0, 0.1) is 0 Å². The van der Waals surface area contributed by atoms with Crippen LogP contribution >= 0.6 is 31.9 Å². The number of fused-ring (bicyclic) bond motifs is 1. The van der Waals surface area contributed by atoms with Gasteiger partial charge in [0, 0.05) is 10.0 Å². The molecule has 0 amide bonds. The van der Waals surface area contributed by atoms with Crippen LogP contribution in [0.2, 0.25) is 0 Å². The Morgan fingerprint density at radius 2 is 2.27 bits per heavy atom. The average molecular weight is 336 g/mol. The molecular weight excluding hydrogens is 324 g/mol. The summed E-state index contributed by atoms with van der Waals surface area (Å²) in [4.78, 5) is 0.236. The molecule has 0 saturated heterocycles. The Bertz CT molecular complexity index is 366. The molecule has 82 valence electrons. The predicted molar refractivity (Wildman–Crippen MR) is 66.9 cm³/mol. The Morgan fingerprint density at radius 1 is 1.47 bits per heavy atom. The van der Waals surface area contributed by atoms with E-state index in [0.717, 1.165) is 23.2 Å². The van der Waals surface area contributed by atoms with Crippen molar-refractivity contribution in [2.45, 2.75) is 11.2 Å². The number of alkyl halides is 1. The maximum Gasteiger partial charge on any atom is 0.122 e. The zero-order valence-electron chi connectivity index (χ0n) is 8.43. The van der Waals surface area contributed by atoms with Crippen molar-refractivity contribution in [2.75, 3.05) is 20.3 Å². The van der Waals surface area contributed by atoms with Crippen LogP contribution in [0.3, 0.4) is 0 Å². The van der Waals surface area contributed by atoms with Crippen LogP contribution in [0.1, 0.15) is 16.0 Å².